The molecule has 1 aliphatic heterocycles. The molecule has 1 saturated heterocycles. The average Bonchev–Trinajstić information content (AvgIpc) is 2.74. The third-order valence-corrected chi connectivity index (χ3v) is 7.96. The molecule has 3 rings (SSSR count). The van der Waals surface area contributed by atoms with Gasteiger partial charge in [-0.15, -0.1) is 0 Å². The minimum atomic E-state index is -3.37. The van der Waals surface area contributed by atoms with Crippen LogP contribution in [-0.2, 0) is 27.0 Å². The maximum atomic E-state index is 12.7. The number of sulfonamides is 1. The Morgan fingerprint density at radius 2 is 1.70 bits per heavy atom. The summed E-state index contributed by atoms with van der Waals surface area (Å²) in [7, 11) is -3.37. The highest BCUT2D eigenvalue weighted by atomic mass is 79.9. The van der Waals surface area contributed by atoms with Crippen molar-refractivity contribution in [2.75, 3.05) is 13.1 Å². The molecule has 0 spiro atoms. The molecule has 30 heavy (non-hydrogen) atoms. The van der Waals surface area contributed by atoms with E-state index in [1.54, 1.807) is 0 Å². The third-order valence-electron chi connectivity index (χ3n) is 5.58. The van der Waals surface area contributed by atoms with Crippen LogP contribution in [0.5, 0.6) is 0 Å². The van der Waals surface area contributed by atoms with E-state index in [2.05, 4.69) is 33.4 Å². The highest BCUT2D eigenvalue weighted by Gasteiger charge is 2.31. The van der Waals surface area contributed by atoms with Crippen LogP contribution < -0.4 is 5.32 Å². The number of nitrogens with zero attached hydrogens (tertiary/aromatic N) is 1. The van der Waals surface area contributed by atoms with Gasteiger partial charge in [0.1, 0.15) is 0 Å². The van der Waals surface area contributed by atoms with E-state index in [9.17, 15) is 13.2 Å². The Balaban J connectivity index is 1.44. The summed E-state index contributed by atoms with van der Waals surface area (Å²) in [5.74, 6) is -0.0861. The zero-order valence-electron chi connectivity index (χ0n) is 17.3. The van der Waals surface area contributed by atoms with E-state index in [0.717, 1.165) is 22.9 Å². The van der Waals surface area contributed by atoms with Crippen molar-refractivity contribution in [3.8, 4) is 0 Å². The summed E-state index contributed by atoms with van der Waals surface area (Å²) in [6.45, 7) is 2.82. The minimum Gasteiger partial charge on any atom is -0.353 e. The molecule has 0 saturated carbocycles. The van der Waals surface area contributed by atoms with Crippen LogP contribution in [0.3, 0.4) is 0 Å². The number of hydrogen-bond donors (Lipinski definition) is 1. The Morgan fingerprint density at radius 1 is 1.07 bits per heavy atom. The van der Waals surface area contributed by atoms with Crippen molar-refractivity contribution < 1.29 is 13.2 Å². The minimum absolute atomic E-state index is 0.00629. The second-order valence-corrected chi connectivity index (χ2v) is 10.9. The van der Waals surface area contributed by atoms with Crippen LogP contribution in [0.1, 0.15) is 37.3 Å². The van der Waals surface area contributed by atoms with Crippen molar-refractivity contribution in [2.24, 2.45) is 5.92 Å². The molecular formula is C23H29BrN2O3S. The van der Waals surface area contributed by atoms with Crippen molar-refractivity contribution in [1.29, 1.82) is 0 Å². The first-order valence-corrected chi connectivity index (χ1v) is 12.8. The normalized spacial score (nSPS) is 16.9. The van der Waals surface area contributed by atoms with E-state index in [1.807, 2.05) is 49.4 Å². The standard InChI is InChI=1S/C23H29BrN2O3S/c1-18(7-8-19-5-3-2-4-6-19)25-23(27)21-13-15-26(16-14-21)30(28,29)17-20-9-11-22(24)12-10-20/h2-6,9-12,18,21H,7-8,13-17H2,1H3,(H,25,27)/t18-/m0/s1. The summed E-state index contributed by atoms with van der Waals surface area (Å²) >= 11 is 3.36. The van der Waals surface area contributed by atoms with E-state index >= 15 is 0 Å². The zero-order valence-corrected chi connectivity index (χ0v) is 19.7. The number of rotatable bonds is 8. The molecule has 0 bridgehead atoms. The molecular weight excluding hydrogens is 464 g/mol. The summed E-state index contributed by atoms with van der Waals surface area (Å²) in [6, 6.07) is 17.7. The Morgan fingerprint density at radius 3 is 2.33 bits per heavy atom. The number of halogens is 1. The Labute approximate surface area is 188 Å². The first-order chi connectivity index (χ1) is 14.3. The predicted molar refractivity (Wildman–Crippen MR) is 123 cm³/mol. The molecule has 2 aromatic rings. The first kappa shape index (κ1) is 23.0. The highest BCUT2D eigenvalue weighted by molar-refractivity contribution is 9.10. The number of carbonyl (C=O) groups is 1. The molecule has 1 N–H and O–H groups in total. The maximum absolute atomic E-state index is 12.7. The molecule has 1 fully saturated rings. The highest BCUT2D eigenvalue weighted by Crippen LogP contribution is 2.23. The smallest absolute Gasteiger partial charge is 0.223 e. The molecule has 2 aromatic carbocycles. The van der Waals surface area contributed by atoms with E-state index < -0.39 is 10.0 Å². The third kappa shape index (κ3) is 6.65. The fourth-order valence-electron chi connectivity index (χ4n) is 3.74. The number of piperidine rings is 1. The topological polar surface area (TPSA) is 66.5 Å². The lowest BCUT2D eigenvalue weighted by Gasteiger charge is -2.31. The van der Waals surface area contributed by atoms with Gasteiger partial charge >= 0.3 is 0 Å². The molecule has 1 atom stereocenters. The number of benzene rings is 2. The predicted octanol–water partition coefficient (Wildman–Crippen LogP) is 4.13. The van der Waals surface area contributed by atoms with E-state index in [4.69, 9.17) is 0 Å². The molecule has 1 aliphatic rings. The lowest BCUT2D eigenvalue weighted by atomic mass is 9.96. The van der Waals surface area contributed by atoms with Gasteiger partial charge in [0.05, 0.1) is 5.75 Å². The fraction of sp³-hybridized carbons (Fsp3) is 0.435. The van der Waals surface area contributed by atoms with Crippen LogP contribution in [0.15, 0.2) is 59.1 Å². The van der Waals surface area contributed by atoms with E-state index in [1.165, 1.54) is 9.87 Å². The van der Waals surface area contributed by atoms with Crippen LogP contribution in [0.25, 0.3) is 0 Å². The SMILES string of the molecule is C[C@@H](CCc1ccccc1)NC(=O)C1CCN(S(=O)(=O)Cc2ccc(Br)cc2)CC1. The quantitative estimate of drug-likeness (QED) is 0.602. The van der Waals surface area contributed by atoms with Gasteiger partial charge in [-0.3, -0.25) is 4.79 Å². The van der Waals surface area contributed by atoms with Gasteiger partial charge in [0.25, 0.3) is 0 Å². The van der Waals surface area contributed by atoms with Crippen molar-refractivity contribution in [3.05, 3.63) is 70.2 Å². The molecule has 0 aliphatic carbocycles. The number of carbonyl (C=O) groups excluding carboxylic acids is 1. The van der Waals surface area contributed by atoms with Gasteiger partial charge < -0.3 is 5.32 Å². The molecule has 0 radical (unpaired) electrons. The molecule has 1 heterocycles. The average molecular weight is 493 g/mol. The lowest BCUT2D eigenvalue weighted by molar-refractivity contribution is -0.126. The fourth-order valence-corrected chi connectivity index (χ4v) is 5.57. The maximum Gasteiger partial charge on any atom is 0.223 e. The van der Waals surface area contributed by atoms with Gasteiger partial charge in [-0.1, -0.05) is 58.4 Å². The molecule has 7 heteroatoms. The van der Waals surface area contributed by atoms with E-state index in [0.29, 0.717) is 25.9 Å². The Bertz CT molecular complexity index is 925. The summed E-state index contributed by atoms with van der Waals surface area (Å²) in [6.07, 6.45) is 2.94. The first-order valence-electron chi connectivity index (χ1n) is 10.4. The molecule has 0 unspecified atom stereocenters. The molecule has 1 amide bonds. The molecule has 0 aromatic heterocycles. The van der Waals surface area contributed by atoms with Crippen LogP contribution in [-0.4, -0.2) is 37.8 Å². The van der Waals surface area contributed by atoms with Gasteiger partial charge in [-0.25, -0.2) is 12.7 Å². The summed E-state index contributed by atoms with van der Waals surface area (Å²) in [4.78, 5) is 12.6. The second-order valence-electron chi connectivity index (χ2n) is 7.99. The number of amides is 1. The number of aryl methyl sites for hydroxylation is 1. The van der Waals surface area contributed by atoms with Crippen molar-refractivity contribution in [1.82, 2.24) is 9.62 Å². The van der Waals surface area contributed by atoms with Gasteiger partial charge in [-0.05, 0) is 55.9 Å². The van der Waals surface area contributed by atoms with Crippen LogP contribution in [0.4, 0.5) is 0 Å². The zero-order chi connectivity index (χ0) is 21.6. The molecule has 5 nitrogen and oxygen atoms in total. The van der Waals surface area contributed by atoms with Crippen LogP contribution >= 0.6 is 15.9 Å². The van der Waals surface area contributed by atoms with Crippen molar-refractivity contribution >= 4 is 31.9 Å². The van der Waals surface area contributed by atoms with Gasteiger partial charge in [-0.2, -0.15) is 0 Å². The van der Waals surface area contributed by atoms with Crippen molar-refractivity contribution in [3.63, 3.8) is 0 Å². The second kappa shape index (κ2) is 10.6. The van der Waals surface area contributed by atoms with Gasteiger partial charge in [0.2, 0.25) is 15.9 Å². The summed E-state index contributed by atoms with van der Waals surface area (Å²) in [5.41, 5.74) is 2.04. The number of hydrogen-bond acceptors (Lipinski definition) is 3. The summed E-state index contributed by atoms with van der Waals surface area (Å²) in [5, 5.41) is 3.11. The van der Waals surface area contributed by atoms with Gasteiger partial charge in [0.15, 0.2) is 0 Å². The lowest BCUT2D eigenvalue weighted by Crippen LogP contribution is -2.45. The number of nitrogens with one attached hydrogen (secondary N) is 1. The monoisotopic (exact) mass is 492 g/mol. The summed E-state index contributed by atoms with van der Waals surface area (Å²) < 4.78 is 27.9. The van der Waals surface area contributed by atoms with Crippen LogP contribution in [0.2, 0.25) is 0 Å². The Hall–Kier alpha value is -1.70. The van der Waals surface area contributed by atoms with Crippen LogP contribution in [0, 0.1) is 5.92 Å². The van der Waals surface area contributed by atoms with Crippen molar-refractivity contribution in [2.45, 2.75) is 44.4 Å². The van der Waals surface area contributed by atoms with Gasteiger partial charge in [0, 0.05) is 29.5 Å². The Kier molecular flexibility index (Phi) is 8.08. The largest absolute Gasteiger partial charge is 0.353 e. The molecule has 162 valence electrons. The van der Waals surface area contributed by atoms with E-state index in [-0.39, 0.29) is 23.6 Å².